The van der Waals surface area contributed by atoms with Crippen molar-refractivity contribution in [1.29, 1.82) is 5.26 Å². The summed E-state index contributed by atoms with van der Waals surface area (Å²) in [6.07, 6.45) is -0.127. The number of hydrogen-bond donors (Lipinski definition) is 1. The van der Waals surface area contributed by atoms with Crippen LogP contribution in [0.25, 0.3) is 0 Å². The first-order valence-corrected chi connectivity index (χ1v) is 6.42. The zero-order valence-electron chi connectivity index (χ0n) is 11.1. The van der Waals surface area contributed by atoms with Crippen LogP contribution in [0.4, 0.5) is 0 Å². The third-order valence-electron chi connectivity index (χ3n) is 2.62. The van der Waals surface area contributed by atoms with Gasteiger partial charge in [0.2, 0.25) is 5.88 Å². The largest absolute Gasteiger partial charge is 0.481 e. The van der Waals surface area contributed by atoms with Crippen molar-refractivity contribution in [2.45, 2.75) is 13.3 Å². The predicted molar refractivity (Wildman–Crippen MR) is 76.6 cm³/mol. The maximum Gasteiger partial charge on any atom is 0.307 e. The van der Waals surface area contributed by atoms with Gasteiger partial charge in [0, 0.05) is 11.8 Å². The van der Waals surface area contributed by atoms with Crippen molar-refractivity contribution < 1.29 is 14.6 Å². The molecule has 0 bridgehead atoms. The molecule has 0 unspecified atom stereocenters. The Balaban J connectivity index is 2.32. The van der Waals surface area contributed by atoms with Gasteiger partial charge in [-0.3, -0.25) is 4.79 Å². The van der Waals surface area contributed by atoms with Crippen LogP contribution in [0.3, 0.4) is 0 Å². The Morgan fingerprint density at radius 2 is 2.19 bits per heavy atom. The Labute approximate surface area is 126 Å². The number of carboxylic acid groups (broad SMARTS) is 1. The highest BCUT2D eigenvalue weighted by Gasteiger charge is 2.09. The molecule has 1 aromatic heterocycles. The highest BCUT2D eigenvalue weighted by Crippen LogP contribution is 2.30. The second-order valence-electron chi connectivity index (χ2n) is 4.38. The van der Waals surface area contributed by atoms with Crippen molar-refractivity contribution in [2.75, 3.05) is 0 Å². The van der Waals surface area contributed by atoms with Crippen LogP contribution < -0.4 is 4.74 Å². The van der Waals surface area contributed by atoms with Gasteiger partial charge < -0.3 is 9.84 Å². The van der Waals surface area contributed by atoms with Gasteiger partial charge >= 0.3 is 5.97 Å². The lowest BCUT2D eigenvalue weighted by atomic mass is 10.1. The standard InChI is InChI=1S/C15H11ClN2O3/c1-9-4-11(8-17)6-14(18-9)21-13-5-10(7-15(19)20)2-3-12(13)16/h2-6H,7H2,1H3,(H,19,20). The number of benzene rings is 1. The molecule has 0 aliphatic heterocycles. The molecule has 0 radical (unpaired) electrons. The number of nitrogens with zero attached hydrogens (tertiary/aromatic N) is 2. The molecule has 0 saturated carbocycles. The predicted octanol–water partition coefficient (Wildman–Crippen LogP) is 3.33. The number of aromatic nitrogens is 1. The summed E-state index contributed by atoms with van der Waals surface area (Å²) in [5.74, 6) is -0.401. The zero-order valence-corrected chi connectivity index (χ0v) is 11.9. The molecule has 0 aliphatic rings. The second kappa shape index (κ2) is 6.25. The van der Waals surface area contributed by atoms with Gasteiger partial charge in [-0.1, -0.05) is 17.7 Å². The molecule has 106 valence electrons. The summed E-state index contributed by atoms with van der Waals surface area (Å²) in [6, 6.07) is 9.88. The average Bonchev–Trinajstić information content (AvgIpc) is 2.41. The molecule has 6 heteroatoms. The molecule has 0 spiro atoms. The van der Waals surface area contributed by atoms with Crippen LogP contribution in [0, 0.1) is 18.3 Å². The molecule has 1 N–H and O–H groups in total. The quantitative estimate of drug-likeness (QED) is 0.936. The molecule has 2 aromatic rings. The number of hydrogen-bond acceptors (Lipinski definition) is 4. The number of carbonyl (C=O) groups is 1. The van der Waals surface area contributed by atoms with Gasteiger partial charge in [-0.2, -0.15) is 5.26 Å². The van der Waals surface area contributed by atoms with Crippen molar-refractivity contribution in [3.05, 3.63) is 52.2 Å². The van der Waals surface area contributed by atoms with E-state index >= 15 is 0 Å². The Hall–Kier alpha value is -2.58. The molecule has 1 aromatic carbocycles. The Morgan fingerprint density at radius 1 is 1.43 bits per heavy atom. The van der Waals surface area contributed by atoms with Gasteiger partial charge in [-0.25, -0.2) is 4.98 Å². The van der Waals surface area contributed by atoms with Crippen molar-refractivity contribution in [3.8, 4) is 17.7 Å². The molecule has 0 aliphatic carbocycles. The maximum absolute atomic E-state index is 10.7. The number of ether oxygens (including phenoxy) is 1. The van der Waals surface area contributed by atoms with E-state index in [1.54, 1.807) is 31.2 Å². The molecule has 0 fully saturated rings. The van der Waals surface area contributed by atoms with E-state index in [2.05, 4.69) is 4.98 Å². The third kappa shape index (κ3) is 3.94. The van der Waals surface area contributed by atoms with Gasteiger partial charge in [-0.05, 0) is 30.7 Å². The number of halogens is 1. The first kappa shape index (κ1) is 14.8. The molecule has 1 heterocycles. The number of nitriles is 1. The molecule has 21 heavy (non-hydrogen) atoms. The monoisotopic (exact) mass is 302 g/mol. The van der Waals surface area contributed by atoms with E-state index in [0.29, 0.717) is 27.6 Å². The summed E-state index contributed by atoms with van der Waals surface area (Å²) in [5.41, 5.74) is 1.63. The van der Waals surface area contributed by atoms with Crippen molar-refractivity contribution in [3.63, 3.8) is 0 Å². The smallest absolute Gasteiger partial charge is 0.307 e. The normalized spacial score (nSPS) is 9.95. The van der Waals surface area contributed by atoms with Gasteiger partial charge in [0.25, 0.3) is 0 Å². The topological polar surface area (TPSA) is 83.2 Å². The van der Waals surface area contributed by atoms with Crippen molar-refractivity contribution in [1.82, 2.24) is 4.98 Å². The molecule has 0 atom stereocenters. The lowest BCUT2D eigenvalue weighted by molar-refractivity contribution is -0.136. The maximum atomic E-state index is 10.7. The Bertz CT molecular complexity index is 738. The third-order valence-corrected chi connectivity index (χ3v) is 2.94. The number of carboxylic acids is 1. The number of pyridine rings is 1. The van der Waals surface area contributed by atoms with Crippen LogP contribution in [0.5, 0.6) is 11.6 Å². The fourth-order valence-corrected chi connectivity index (χ4v) is 1.93. The van der Waals surface area contributed by atoms with Gasteiger partial charge in [0.15, 0.2) is 0 Å². The minimum absolute atomic E-state index is 0.127. The van der Waals surface area contributed by atoms with Crippen LogP contribution >= 0.6 is 11.6 Å². The van der Waals surface area contributed by atoms with E-state index in [4.69, 9.17) is 26.7 Å². The van der Waals surface area contributed by atoms with Crippen LogP contribution in [0.1, 0.15) is 16.8 Å². The van der Waals surface area contributed by atoms with E-state index in [-0.39, 0.29) is 12.3 Å². The van der Waals surface area contributed by atoms with E-state index in [1.807, 2.05) is 6.07 Å². The summed E-state index contributed by atoms with van der Waals surface area (Å²) in [6.45, 7) is 1.75. The molecule has 0 saturated heterocycles. The first-order chi connectivity index (χ1) is 9.97. The number of rotatable bonds is 4. The molecule has 2 rings (SSSR count). The average molecular weight is 303 g/mol. The summed E-state index contributed by atoms with van der Waals surface area (Å²) < 4.78 is 5.57. The van der Waals surface area contributed by atoms with E-state index < -0.39 is 5.97 Å². The van der Waals surface area contributed by atoms with E-state index in [1.165, 1.54) is 6.07 Å². The fraction of sp³-hybridized carbons (Fsp3) is 0.133. The van der Waals surface area contributed by atoms with Gasteiger partial charge in [0.05, 0.1) is 23.1 Å². The summed E-state index contributed by atoms with van der Waals surface area (Å²) >= 11 is 6.03. The van der Waals surface area contributed by atoms with Crippen LogP contribution in [-0.2, 0) is 11.2 Å². The van der Waals surface area contributed by atoms with Crippen molar-refractivity contribution >= 4 is 17.6 Å². The SMILES string of the molecule is Cc1cc(C#N)cc(Oc2cc(CC(=O)O)ccc2Cl)n1. The second-order valence-corrected chi connectivity index (χ2v) is 4.79. The molecule has 0 amide bonds. The van der Waals surface area contributed by atoms with E-state index in [9.17, 15) is 4.79 Å². The minimum atomic E-state index is -0.941. The minimum Gasteiger partial charge on any atom is -0.481 e. The van der Waals surface area contributed by atoms with Crippen LogP contribution in [0.2, 0.25) is 5.02 Å². The zero-order chi connectivity index (χ0) is 15.4. The van der Waals surface area contributed by atoms with Crippen LogP contribution in [0.15, 0.2) is 30.3 Å². The van der Waals surface area contributed by atoms with Crippen molar-refractivity contribution in [2.24, 2.45) is 0 Å². The lowest BCUT2D eigenvalue weighted by Gasteiger charge is -2.09. The summed E-state index contributed by atoms with van der Waals surface area (Å²) in [4.78, 5) is 14.9. The Kier molecular flexibility index (Phi) is 4.41. The van der Waals surface area contributed by atoms with E-state index in [0.717, 1.165) is 0 Å². The first-order valence-electron chi connectivity index (χ1n) is 6.05. The van der Waals surface area contributed by atoms with Gasteiger partial charge in [0.1, 0.15) is 5.75 Å². The Morgan fingerprint density at radius 3 is 2.86 bits per heavy atom. The number of aliphatic carboxylic acids is 1. The summed E-state index contributed by atoms with van der Waals surface area (Å²) in [5, 5.41) is 18.1. The fourth-order valence-electron chi connectivity index (χ4n) is 1.78. The molecular weight excluding hydrogens is 292 g/mol. The number of aryl methyl sites for hydroxylation is 1. The highest BCUT2D eigenvalue weighted by molar-refractivity contribution is 6.32. The molecule has 5 nitrogen and oxygen atoms in total. The molecular formula is C15H11ClN2O3. The highest BCUT2D eigenvalue weighted by atomic mass is 35.5. The lowest BCUT2D eigenvalue weighted by Crippen LogP contribution is -2.00. The van der Waals surface area contributed by atoms with Crippen LogP contribution in [-0.4, -0.2) is 16.1 Å². The summed E-state index contributed by atoms with van der Waals surface area (Å²) in [7, 11) is 0. The van der Waals surface area contributed by atoms with Gasteiger partial charge in [-0.15, -0.1) is 0 Å².